The van der Waals surface area contributed by atoms with Crippen molar-refractivity contribution >= 4 is 6.21 Å². The van der Waals surface area contributed by atoms with E-state index in [1.54, 1.807) is 0 Å². The van der Waals surface area contributed by atoms with Gasteiger partial charge in [-0.15, -0.1) is 0 Å². The van der Waals surface area contributed by atoms with Gasteiger partial charge >= 0.3 is 0 Å². The van der Waals surface area contributed by atoms with Crippen LogP contribution in [0.5, 0.6) is 5.75 Å². The average Bonchev–Trinajstić information content (AvgIpc) is 2.49. The summed E-state index contributed by atoms with van der Waals surface area (Å²) in [5.74, 6) is 0.482. The van der Waals surface area contributed by atoms with Crippen molar-refractivity contribution in [2.24, 2.45) is 5.16 Å². The molecular formula is C19H31NO2. The van der Waals surface area contributed by atoms with Gasteiger partial charge in [0.1, 0.15) is 5.75 Å². The molecule has 3 heteroatoms. The van der Waals surface area contributed by atoms with Gasteiger partial charge in [-0.25, -0.2) is 0 Å². The Labute approximate surface area is 135 Å². The molecule has 2 N–H and O–H groups in total. The van der Waals surface area contributed by atoms with Crippen molar-refractivity contribution < 1.29 is 10.3 Å². The molecule has 0 amide bonds. The molecule has 0 aliphatic rings. The van der Waals surface area contributed by atoms with Gasteiger partial charge in [-0.05, 0) is 36.0 Å². The van der Waals surface area contributed by atoms with E-state index in [9.17, 15) is 5.11 Å². The highest BCUT2D eigenvalue weighted by Gasteiger charge is 2.12. The van der Waals surface area contributed by atoms with Crippen LogP contribution in [-0.2, 0) is 6.42 Å². The van der Waals surface area contributed by atoms with Crippen molar-refractivity contribution in [1.82, 2.24) is 0 Å². The van der Waals surface area contributed by atoms with E-state index in [2.05, 4.69) is 32.0 Å². The smallest absolute Gasteiger partial charge is 0.127 e. The van der Waals surface area contributed by atoms with E-state index in [-0.39, 0.29) is 11.7 Å². The highest BCUT2D eigenvalue weighted by atomic mass is 16.4. The van der Waals surface area contributed by atoms with E-state index < -0.39 is 0 Å². The van der Waals surface area contributed by atoms with Crippen LogP contribution in [0.3, 0.4) is 0 Å². The van der Waals surface area contributed by atoms with E-state index in [0.29, 0.717) is 5.56 Å². The van der Waals surface area contributed by atoms with Crippen LogP contribution < -0.4 is 0 Å². The Kier molecular flexibility index (Phi) is 8.64. The Morgan fingerprint density at radius 3 is 2.27 bits per heavy atom. The Balaban J connectivity index is 2.59. The first-order valence-electron chi connectivity index (χ1n) is 8.63. The lowest BCUT2D eigenvalue weighted by Crippen LogP contribution is -1.97. The minimum Gasteiger partial charge on any atom is -0.507 e. The molecule has 0 unspecified atom stereocenters. The summed E-state index contributed by atoms with van der Waals surface area (Å²) < 4.78 is 0. The summed E-state index contributed by atoms with van der Waals surface area (Å²) in [6.07, 6.45) is 11.4. The number of benzene rings is 1. The van der Waals surface area contributed by atoms with E-state index >= 15 is 0 Å². The fraction of sp³-hybridized carbons (Fsp3) is 0.632. The summed E-state index contributed by atoms with van der Waals surface area (Å²) in [6, 6.07) is 4.02. The Morgan fingerprint density at radius 1 is 1.05 bits per heavy atom. The summed E-state index contributed by atoms with van der Waals surface area (Å²) in [4.78, 5) is 0. The first-order chi connectivity index (χ1) is 10.6. The summed E-state index contributed by atoms with van der Waals surface area (Å²) in [5, 5.41) is 22.0. The number of aryl methyl sites for hydroxylation is 1. The van der Waals surface area contributed by atoms with Gasteiger partial charge in [-0.2, -0.15) is 0 Å². The Morgan fingerprint density at radius 2 is 1.68 bits per heavy atom. The van der Waals surface area contributed by atoms with Crippen molar-refractivity contribution in [3.8, 4) is 5.75 Å². The van der Waals surface area contributed by atoms with Gasteiger partial charge < -0.3 is 10.3 Å². The highest BCUT2D eigenvalue weighted by molar-refractivity contribution is 5.84. The molecule has 0 aliphatic heterocycles. The number of oxime groups is 1. The lowest BCUT2D eigenvalue weighted by molar-refractivity contribution is 0.321. The number of aromatic hydroxyl groups is 1. The zero-order valence-corrected chi connectivity index (χ0v) is 14.3. The molecule has 0 bridgehead atoms. The zero-order valence-electron chi connectivity index (χ0n) is 14.3. The average molecular weight is 305 g/mol. The molecule has 0 saturated heterocycles. The minimum atomic E-state index is 0.233. The van der Waals surface area contributed by atoms with E-state index in [0.717, 1.165) is 12.0 Å². The number of phenols is 1. The first kappa shape index (κ1) is 18.5. The topological polar surface area (TPSA) is 52.8 Å². The standard InChI is InChI=1S/C19H31NO2/c1-4-5-6-7-8-9-10-11-16-12-17(14-20-22)19(21)18(13-16)15(2)3/h12-15,21-22H,4-11H2,1-3H3. The summed E-state index contributed by atoms with van der Waals surface area (Å²) in [5.41, 5.74) is 2.74. The molecule has 0 fully saturated rings. The molecule has 0 aromatic heterocycles. The molecule has 1 aromatic rings. The predicted octanol–water partition coefficient (Wildman–Crippen LogP) is 5.62. The van der Waals surface area contributed by atoms with E-state index in [4.69, 9.17) is 5.21 Å². The fourth-order valence-electron chi connectivity index (χ4n) is 2.78. The summed E-state index contributed by atoms with van der Waals surface area (Å²) in [6.45, 7) is 6.36. The number of unbranched alkanes of at least 4 members (excludes halogenated alkanes) is 6. The van der Waals surface area contributed by atoms with Crippen LogP contribution in [-0.4, -0.2) is 16.5 Å². The zero-order chi connectivity index (χ0) is 16.4. The van der Waals surface area contributed by atoms with Crippen LogP contribution >= 0.6 is 0 Å². The van der Waals surface area contributed by atoms with Gasteiger partial charge in [0.05, 0.1) is 6.21 Å². The van der Waals surface area contributed by atoms with Crippen LogP contribution in [0.4, 0.5) is 0 Å². The lowest BCUT2D eigenvalue weighted by atomic mass is 9.94. The van der Waals surface area contributed by atoms with Gasteiger partial charge in [-0.3, -0.25) is 0 Å². The number of rotatable bonds is 10. The van der Waals surface area contributed by atoms with Crippen molar-refractivity contribution in [2.45, 2.75) is 78.1 Å². The minimum absolute atomic E-state index is 0.233. The second kappa shape index (κ2) is 10.3. The molecule has 0 radical (unpaired) electrons. The van der Waals surface area contributed by atoms with Crippen LogP contribution in [0.15, 0.2) is 17.3 Å². The Hall–Kier alpha value is -1.51. The van der Waals surface area contributed by atoms with Crippen LogP contribution in [0.2, 0.25) is 0 Å². The molecule has 0 spiro atoms. The van der Waals surface area contributed by atoms with E-state index in [1.165, 1.54) is 56.7 Å². The fourth-order valence-corrected chi connectivity index (χ4v) is 2.78. The van der Waals surface area contributed by atoms with Crippen LogP contribution in [0.1, 0.15) is 88.3 Å². The number of nitrogens with zero attached hydrogens (tertiary/aromatic N) is 1. The predicted molar refractivity (Wildman–Crippen MR) is 93.3 cm³/mol. The molecule has 1 rings (SSSR count). The second-order valence-corrected chi connectivity index (χ2v) is 6.39. The third-order valence-corrected chi connectivity index (χ3v) is 4.12. The maximum atomic E-state index is 10.2. The number of hydrogen-bond donors (Lipinski definition) is 2. The highest BCUT2D eigenvalue weighted by Crippen LogP contribution is 2.30. The maximum absolute atomic E-state index is 10.2. The van der Waals surface area contributed by atoms with Crippen LogP contribution in [0.25, 0.3) is 0 Å². The third-order valence-electron chi connectivity index (χ3n) is 4.12. The van der Waals surface area contributed by atoms with Gasteiger partial charge in [0, 0.05) is 5.56 Å². The molecule has 124 valence electrons. The lowest BCUT2D eigenvalue weighted by Gasteiger charge is -2.13. The summed E-state index contributed by atoms with van der Waals surface area (Å²) >= 11 is 0. The molecule has 22 heavy (non-hydrogen) atoms. The van der Waals surface area contributed by atoms with Crippen molar-refractivity contribution in [2.75, 3.05) is 0 Å². The molecule has 0 atom stereocenters. The van der Waals surface area contributed by atoms with Gasteiger partial charge in [0.25, 0.3) is 0 Å². The molecule has 1 aromatic carbocycles. The molecule has 0 heterocycles. The maximum Gasteiger partial charge on any atom is 0.127 e. The van der Waals surface area contributed by atoms with Crippen LogP contribution in [0, 0.1) is 0 Å². The SMILES string of the molecule is CCCCCCCCCc1cc(C=NO)c(O)c(C(C)C)c1. The third kappa shape index (κ3) is 6.08. The largest absolute Gasteiger partial charge is 0.507 e. The molecule has 0 aliphatic carbocycles. The quantitative estimate of drug-likeness (QED) is 0.255. The molecule has 3 nitrogen and oxygen atoms in total. The van der Waals surface area contributed by atoms with Crippen molar-refractivity contribution in [3.05, 3.63) is 28.8 Å². The van der Waals surface area contributed by atoms with E-state index in [1.807, 2.05) is 6.07 Å². The molecule has 0 saturated carbocycles. The first-order valence-corrected chi connectivity index (χ1v) is 8.63. The van der Waals surface area contributed by atoms with Crippen molar-refractivity contribution in [1.29, 1.82) is 0 Å². The number of hydrogen-bond acceptors (Lipinski definition) is 3. The molecular weight excluding hydrogens is 274 g/mol. The monoisotopic (exact) mass is 305 g/mol. The second-order valence-electron chi connectivity index (χ2n) is 6.39. The number of phenolic OH excluding ortho intramolecular Hbond substituents is 1. The van der Waals surface area contributed by atoms with Crippen molar-refractivity contribution in [3.63, 3.8) is 0 Å². The van der Waals surface area contributed by atoms with Gasteiger partial charge in [0.15, 0.2) is 0 Å². The Bertz CT molecular complexity index is 467. The summed E-state index contributed by atoms with van der Waals surface area (Å²) in [7, 11) is 0. The van der Waals surface area contributed by atoms with Gasteiger partial charge in [-0.1, -0.05) is 70.5 Å². The normalized spacial score (nSPS) is 11.6. The van der Waals surface area contributed by atoms with Gasteiger partial charge in [0.2, 0.25) is 0 Å².